The van der Waals surface area contributed by atoms with E-state index >= 15 is 0 Å². The van der Waals surface area contributed by atoms with E-state index in [-0.39, 0.29) is 5.78 Å². The second-order valence-electron chi connectivity index (χ2n) is 6.59. The van der Waals surface area contributed by atoms with Crippen LogP contribution in [-0.2, 0) is 0 Å². The van der Waals surface area contributed by atoms with E-state index in [4.69, 9.17) is 39.8 Å². The molecule has 0 saturated carbocycles. The zero-order chi connectivity index (χ0) is 20.5. The molecule has 4 nitrogen and oxygen atoms in total. The highest BCUT2D eigenvalue weighted by atomic mass is 35.5. The van der Waals surface area contributed by atoms with Crippen molar-refractivity contribution in [1.82, 2.24) is 10.6 Å². The number of thiocarbonyl (C=S) groups is 1. The van der Waals surface area contributed by atoms with Gasteiger partial charge in [0.25, 0.3) is 0 Å². The van der Waals surface area contributed by atoms with Crippen molar-refractivity contribution in [3.63, 3.8) is 0 Å². The molecule has 0 aliphatic carbocycles. The molecule has 0 radical (unpaired) electrons. The third-order valence-corrected chi connectivity index (χ3v) is 5.44. The monoisotopic (exact) mass is 442 g/mol. The number of Topliss-reactive ketones (excluding diaryl/α,β-unsaturated/α-hetero) is 1. The van der Waals surface area contributed by atoms with E-state index in [1.54, 1.807) is 36.4 Å². The summed E-state index contributed by atoms with van der Waals surface area (Å²) in [4.78, 5) is 13.2. The van der Waals surface area contributed by atoms with Crippen LogP contribution in [0, 0.1) is 0 Å². The molecule has 0 spiro atoms. The number of allylic oxidation sites excluding steroid dienone is 1. The van der Waals surface area contributed by atoms with Gasteiger partial charge in [0.1, 0.15) is 17.6 Å². The predicted octanol–water partition coefficient (Wildman–Crippen LogP) is 5.93. The van der Waals surface area contributed by atoms with Crippen LogP contribution in [0.15, 0.2) is 76.4 Å². The van der Waals surface area contributed by atoms with Crippen molar-refractivity contribution in [3.05, 3.63) is 93.3 Å². The number of hydrogen-bond donors (Lipinski definition) is 2. The molecule has 3 aromatic rings. The molecule has 2 heterocycles. The summed E-state index contributed by atoms with van der Waals surface area (Å²) in [5, 5.41) is 7.68. The van der Waals surface area contributed by atoms with Crippen LogP contribution >= 0.6 is 35.4 Å². The molecule has 7 heteroatoms. The second-order valence-corrected chi connectivity index (χ2v) is 7.84. The van der Waals surface area contributed by atoms with Crippen LogP contribution < -0.4 is 10.6 Å². The fourth-order valence-corrected chi connectivity index (χ4v) is 3.95. The van der Waals surface area contributed by atoms with Crippen LogP contribution in [0.4, 0.5) is 0 Å². The standard InChI is InChI=1S/C22H16Cl2N2O2S/c1-12-19(21(27)13-5-3-2-4-6-13)20(26-22(29)25-12)18-10-9-17(28-18)15-11-14(23)7-8-16(15)24/h2-11,20H,1H3,(H2,25,26,29). The van der Waals surface area contributed by atoms with Gasteiger partial charge in [-0.1, -0.05) is 53.5 Å². The molecule has 4 rings (SSSR count). The molecule has 1 aliphatic rings. The molecule has 2 N–H and O–H groups in total. The van der Waals surface area contributed by atoms with Gasteiger partial charge in [0.05, 0.1) is 5.02 Å². The average Bonchev–Trinajstić information content (AvgIpc) is 3.19. The Hall–Kier alpha value is -2.60. The summed E-state index contributed by atoms with van der Waals surface area (Å²) in [5.41, 5.74) is 2.50. The van der Waals surface area contributed by atoms with Crippen LogP contribution in [0.2, 0.25) is 10.0 Å². The SMILES string of the molecule is CC1=C(C(=O)c2ccccc2)C(c2ccc(-c3cc(Cl)ccc3Cl)o2)NC(=S)N1. The van der Waals surface area contributed by atoms with Gasteiger partial charge in [-0.3, -0.25) is 4.79 Å². The maximum atomic E-state index is 13.2. The van der Waals surface area contributed by atoms with Gasteiger partial charge in [0.15, 0.2) is 10.9 Å². The Balaban J connectivity index is 1.75. The lowest BCUT2D eigenvalue weighted by Crippen LogP contribution is -2.44. The third-order valence-electron chi connectivity index (χ3n) is 4.65. The predicted molar refractivity (Wildman–Crippen MR) is 119 cm³/mol. The number of carbonyl (C=O) groups excluding carboxylic acids is 1. The smallest absolute Gasteiger partial charge is 0.193 e. The molecule has 0 fully saturated rings. The Bertz CT molecular complexity index is 1140. The molecule has 29 heavy (non-hydrogen) atoms. The number of rotatable bonds is 4. The lowest BCUT2D eigenvalue weighted by Gasteiger charge is -2.28. The molecular formula is C22H16Cl2N2O2S. The van der Waals surface area contributed by atoms with Crippen molar-refractivity contribution >= 4 is 46.3 Å². The first-order chi connectivity index (χ1) is 13.9. The Morgan fingerprint density at radius 2 is 1.83 bits per heavy atom. The summed E-state index contributed by atoms with van der Waals surface area (Å²) in [6.45, 7) is 1.83. The Morgan fingerprint density at radius 1 is 1.07 bits per heavy atom. The first kappa shape index (κ1) is 19.7. The van der Waals surface area contributed by atoms with E-state index in [0.29, 0.717) is 49.1 Å². The average molecular weight is 443 g/mol. The van der Waals surface area contributed by atoms with Crippen molar-refractivity contribution < 1.29 is 9.21 Å². The zero-order valence-electron chi connectivity index (χ0n) is 15.3. The van der Waals surface area contributed by atoms with Crippen LogP contribution in [0.1, 0.15) is 29.1 Å². The Kier molecular flexibility index (Phi) is 5.46. The Morgan fingerprint density at radius 3 is 2.59 bits per heavy atom. The molecule has 1 aliphatic heterocycles. The minimum atomic E-state index is -0.525. The van der Waals surface area contributed by atoms with Crippen LogP contribution in [0.25, 0.3) is 11.3 Å². The van der Waals surface area contributed by atoms with E-state index < -0.39 is 6.04 Å². The van der Waals surface area contributed by atoms with Gasteiger partial charge in [-0.2, -0.15) is 0 Å². The molecule has 0 bridgehead atoms. The fourth-order valence-electron chi connectivity index (χ4n) is 3.29. The number of nitrogens with one attached hydrogen (secondary N) is 2. The normalized spacial score (nSPS) is 16.4. The van der Waals surface area contributed by atoms with Crippen molar-refractivity contribution in [1.29, 1.82) is 0 Å². The highest BCUT2D eigenvalue weighted by Crippen LogP contribution is 2.36. The zero-order valence-corrected chi connectivity index (χ0v) is 17.7. The van der Waals surface area contributed by atoms with Crippen molar-refractivity contribution in [2.45, 2.75) is 13.0 Å². The third kappa shape index (κ3) is 3.94. The largest absolute Gasteiger partial charge is 0.458 e. The summed E-state index contributed by atoms with van der Waals surface area (Å²) in [6, 6.07) is 17.4. The van der Waals surface area contributed by atoms with Crippen molar-refractivity contribution in [3.8, 4) is 11.3 Å². The number of ketones is 1. The van der Waals surface area contributed by atoms with E-state index in [0.717, 1.165) is 0 Å². The molecule has 0 saturated heterocycles. The molecule has 1 aromatic heterocycles. The van der Waals surface area contributed by atoms with Crippen molar-refractivity contribution in [2.24, 2.45) is 0 Å². The first-order valence-electron chi connectivity index (χ1n) is 8.87. The second kappa shape index (κ2) is 8.03. The van der Waals surface area contributed by atoms with Crippen LogP contribution in [0.3, 0.4) is 0 Å². The molecule has 1 unspecified atom stereocenters. The van der Waals surface area contributed by atoms with Gasteiger partial charge in [0.2, 0.25) is 0 Å². The van der Waals surface area contributed by atoms with Crippen LogP contribution in [-0.4, -0.2) is 10.9 Å². The Labute approximate surface area is 183 Å². The van der Waals surface area contributed by atoms with E-state index in [9.17, 15) is 4.79 Å². The fraction of sp³-hybridized carbons (Fsp3) is 0.0909. The molecular weight excluding hydrogens is 427 g/mol. The van der Waals surface area contributed by atoms with Gasteiger partial charge >= 0.3 is 0 Å². The number of halogens is 2. The molecule has 2 aromatic carbocycles. The van der Waals surface area contributed by atoms with E-state index in [2.05, 4.69) is 10.6 Å². The summed E-state index contributed by atoms with van der Waals surface area (Å²) in [5.74, 6) is 1.01. The summed E-state index contributed by atoms with van der Waals surface area (Å²) < 4.78 is 6.08. The number of hydrogen-bond acceptors (Lipinski definition) is 3. The quantitative estimate of drug-likeness (QED) is 0.387. The lowest BCUT2D eigenvalue weighted by atomic mass is 9.93. The number of furan rings is 1. The molecule has 1 atom stereocenters. The highest BCUT2D eigenvalue weighted by molar-refractivity contribution is 7.80. The van der Waals surface area contributed by atoms with Gasteiger partial charge in [-0.15, -0.1) is 0 Å². The first-order valence-corrected chi connectivity index (χ1v) is 10.0. The topological polar surface area (TPSA) is 54.3 Å². The minimum Gasteiger partial charge on any atom is -0.458 e. The maximum Gasteiger partial charge on any atom is 0.193 e. The van der Waals surface area contributed by atoms with E-state index in [1.165, 1.54) is 0 Å². The maximum absolute atomic E-state index is 13.2. The summed E-state index contributed by atoms with van der Waals surface area (Å²) in [7, 11) is 0. The molecule has 146 valence electrons. The van der Waals surface area contributed by atoms with Gasteiger partial charge < -0.3 is 15.1 Å². The van der Waals surface area contributed by atoms with Crippen LogP contribution in [0.5, 0.6) is 0 Å². The number of benzene rings is 2. The highest BCUT2D eigenvalue weighted by Gasteiger charge is 2.32. The van der Waals surface area contributed by atoms with Crippen molar-refractivity contribution in [2.75, 3.05) is 0 Å². The lowest BCUT2D eigenvalue weighted by molar-refractivity contribution is 0.102. The minimum absolute atomic E-state index is 0.102. The molecule has 0 amide bonds. The summed E-state index contributed by atoms with van der Waals surface area (Å²) >= 11 is 17.7. The number of carbonyl (C=O) groups is 1. The summed E-state index contributed by atoms with van der Waals surface area (Å²) in [6.07, 6.45) is 0. The van der Waals surface area contributed by atoms with Gasteiger partial charge in [-0.25, -0.2) is 0 Å². The van der Waals surface area contributed by atoms with E-state index in [1.807, 2.05) is 31.2 Å². The van der Waals surface area contributed by atoms with Gasteiger partial charge in [0, 0.05) is 27.4 Å². The van der Waals surface area contributed by atoms with Gasteiger partial charge in [-0.05, 0) is 49.5 Å².